The number of aromatic hydroxyl groups is 1. The summed E-state index contributed by atoms with van der Waals surface area (Å²) in [7, 11) is 1.46. The largest absolute Gasteiger partial charge is 0.493 e. The van der Waals surface area contributed by atoms with E-state index in [1.807, 2.05) is 36.5 Å². The van der Waals surface area contributed by atoms with Gasteiger partial charge in [-0.25, -0.2) is 18.6 Å². The highest BCUT2D eigenvalue weighted by molar-refractivity contribution is 5.99. The molecule has 11 heteroatoms. The van der Waals surface area contributed by atoms with Crippen molar-refractivity contribution in [1.29, 1.82) is 0 Å². The fourth-order valence-electron chi connectivity index (χ4n) is 3.41. The van der Waals surface area contributed by atoms with Crippen molar-refractivity contribution in [3.8, 4) is 28.9 Å². The molecule has 4 rings (SSSR count). The Labute approximate surface area is 184 Å². The summed E-state index contributed by atoms with van der Waals surface area (Å²) >= 11 is 0. The van der Waals surface area contributed by atoms with Crippen LogP contribution in [0, 0.1) is 10.2 Å². The number of fused-ring (bicyclic) bond motifs is 4. The number of hydrogen-bond donors (Lipinski definition) is 1. The summed E-state index contributed by atoms with van der Waals surface area (Å²) in [6.07, 6.45) is 1.87. The van der Waals surface area contributed by atoms with Gasteiger partial charge in [0.2, 0.25) is 5.52 Å². The SMILES string of the molecule is COc1cc2cc3c4cc(OC)c(OC)cc4cc(O)[n+]3cc2cc1OC.[O-][Cl+3]([O-])([O-])[O-]. The molecule has 32 heavy (non-hydrogen) atoms. The molecular formula is C21H20ClNO9. The van der Waals surface area contributed by atoms with Gasteiger partial charge < -0.3 is 24.1 Å². The molecule has 0 unspecified atom stereocenters. The third-order valence-corrected chi connectivity index (χ3v) is 4.77. The van der Waals surface area contributed by atoms with Crippen LogP contribution in [0.25, 0.3) is 27.1 Å². The van der Waals surface area contributed by atoms with Crippen LogP contribution in [0.5, 0.6) is 28.9 Å². The highest BCUT2D eigenvalue weighted by atomic mass is 35.7. The fraction of sp³-hybridized carbons (Fsp3) is 0.190. The molecular weight excluding hydrogens is 446 g/mol. The first-order valence-corrected chi connectivity index (χ1v) is 10.2. The normalized spacial score (nSPS) is 11.2. The Bertz CT molecular complexity index is 1280. The minimum atomic E-state index is -4.94. The van der Waals surface area contributed by atoms with Gasteiger partial charge in [0.25, 0.3) is 0 Å². The van der Waals surface area contributed by atoms with Crippen LogP contribution in [0.2, 0.25) is 0 Å². The Kier molecular flexibility index (Phi) is 6.63. The Morgan fingerprint density at radius 3 is 1.59 bits per heavy atom. The summed E-state index contributed by atoms with van der Waals surface area (Å²) in [4.78, 5) is 0. The lowest BCUT2D eigenvalue weighted by atomic mass is 10.1. The zero-order chi connectivity index (χ0) is 23.6. The zero-order valence-electron chi connectivity index (χ0n) is 17.6. The van der Waals surface area contributed by atoms with Gasteiger partial charge >= 0.3 is 5.88 Å². The Morgan fingerprint density at radius 2 is 1.09 bits per heavy atom. The number of nitrogens with zero attached hydrogens (tertiary/aromatic N) is 1. The Balaban J connectivity index is 0.000000523. The third kappa shape index (κ3) is 4.79. The second-order valence-corrected chi connectivity index (χ2v) is 7.30. The molecule has 0 spiro atoms. The van der Waals surface area contributed by atoms with E-state index in [0.717, 1.165) is 27.1 Å². The van der Waals surface area contributed by atoms with Crippen molar-refractivity contribution in [3.05, 3.63) is 42.6 Å². The van der Waals surface area contributed by atoms with Gasteiger partial charge in [0.1, 0.15) is 0 Å². The topological polar surface area (TPSA) is 153 Å². The molecule has 1 N–H and O–H groups in total. The number of ether oxygens (including phenoxy) is 4. The number of rotatable bonds is 4. The maximum Gasteiger partial charge on any atom is 0.371 e. The van der Waals surface area contributed by atoms with Crippen LogP contribution < -0.4 is 42.0 Å². The van der Waals surface area contributed by atoms with E-state index in [0.29, 0.717) is 23.0 Å². The molecule has 10 nitrogen and oxygen atoms in total. The molecule has 170 valence electrons. The summed E-state index contributed by atoms with van der Waals surface area (Å²) in [6, 6.07) is 11.3. The van der Waals surface area contributed by atoms with Crippen LogP contribution in [0.3, 0.4) is 0 Å². The Morgan fingerprint density at radius 1 is 0.656 bits per heavy atom. The maximum absolute atomic E-state index is 10.6. The molecule has 2 heterocycles. The van der Waals surface area contributed by atoms with Crippen molar-refractivity contribution in [1.82, 2.24) is 0 Å². The van der Waals surface area contributed by atoms with E-state index in [1.165, 1.54) is 0 Å². The quantitative estimate of drug-likeness (QED) is 0.220. The van der Waals surface area contributed by atoms with E-state index in [4.69, 9.17) is 37.6 Å². The first-order chi connectivity index (χ1) is 15.1. The molecule has 4 aromatic rings. The van der Waals surface area contributed by atoms with Gasteiger partial charge in [-0.1, -0.05) is 0 Å². The van der Waals surface area contributed by atoms with Gasteiger partial charge in [-0.2, -0.15) is 0 Å². The standard InChI is InChI=1S/C21H19NO5.ClHO4/c1-24-17-6-12-5-16-15-10-20(27-4)18(25-2)7-13(15)9-21(23)22(16)11-14(12)8-19(17)26-3;2-1(3,4)5/h5-11H,1-4H3;(H,2,3,4,5). The molecule has 2 aromatic carbocycles. The maximum atomic E-state index is 10.6. The second kappa shape index (κ2) is 9.07. The van der Waals surface area contributed by atoms with Crippen molar-refractivity contribution >= 4 is 27.1 Å². The van der Waals surface area contributed by atoms with Crippen LogP contribution in [0.15, 0.2) is 42.6 Å². The number of pyridine rings is 2. The molecule has 0 atom stereocenters. The fourth-order valence-corrected chi connectivity index (χ4v) is 3.41. The highest BCUT2D eigenvalue weighted by Crippen LogP contribution is 2.36. The van der Waals surface area contributed by atoms with E-state index < -0.39 is 10.2 Å². The van der Waals surface area contributed by atoms with Crippen molar-refractivity contribution in [2.24, 2.45) is 0 Å². The summed E-state index contributed by atoms with van der Waals surface area (Å²) in [5.41, 5.74) is 0.839. The number of methoxy groups -OCH3 is 4. The molecule has 0 aliphatic carbocycles. The lowest BCUT2D eigenvalue weighted by Gasteiger charge is -2.17. The van der Waals surface area contributed by atoms with E-state index in [2.05, 4.69) is 0 Å². The highest BCUT2D eigenvalue weighted by Gasteiger charge is 2.19. The molecule has 0 fully saturated rings. The predicted molar refractivity (Wildman–Crippen MR) is 102 cm³/mol. The van der Waals surface area contributed by atoms with Crippen LogP contribution in [0.4, 0.5) is 0 Å². The predicted octanol–water partition coefficient (Wildman–Crippen LogP) is -1.28. The van der Waals surface area contributed by atoms with Crippen molar-refractivity contribution < 1.29 is 57.3 Å². The summed E-state index contributed by atoms with van der Waals surface area (Å²) in [5, 5.41) is 14.2. The molecule has 0 radical (unpaired) electrons. The number of halogens is 1. The van der Waals surface area contributed by atoms with E-state index >= 15 is 0 Å². The van der Waals surface area contributed by atoms with Gasteiger partial charge in [0, 0.05) is 11.5 Å². The average molecular weight is 466 g/mol. The van der Waals surface area contributed by atoms with Crippen LogP contribution in [-0.2, 0) is 0 Å². The van der Waals surface area contributed by atoms with Crippen LogP contribution in [0.1, 0.15) is 0 Å². The molecule has 0 aliphatic rings. The minimum Gasteiger partial charge on any atom is -0.493 e. The second-order valence-electron chi connectivity index (χ2n) is 6.54. The van der Waals surface area contributed by atoms with Crippen molar-refractivity contribution in [2.45, 2.75) is 0 Å². The molecule has 0 amide bonds. The first-order valence-electron chi connectivity index (χ1n) is 9.00. The first kappa shape index (κ1) is 23.4. The van der Waals surface area contributed by atoms with Crippen LogP contribution >= 0.6 is 0 Å². The van der Waals surface area contributed by atoms with Crippen molar-refractivity contribution in [2.75, 3.05) is 28.4 Å². The zero-order valence-corrected chi connectivity index (χ0v) is 18.3. The van der Waals surface area contributed by atoms with Crippen molar-refractivity contribution in [3.63, 3.8) is 0 Å². The van der Waals surface area contributed by atoms with Gasteiger partial charge in [-0.05, 0) is 29.7 Å². The third-order valence-electron chi connectivity index (χ3n) is 4.77. The van der Waals surface area contributed by atoms with Gasteiger partial charge in [-0.15, -0.1) is 14.6 Å². The van der Waals surface area contributed by atoms with Gasteiger partial charge in [0.05, 0.1) is 45.3 Å². The molecule has 0 aliphatic heterocycles. The number of aromatic nitrogens is 1. The van der Waals surface area contributed by atoms with E-state index in [1.54, 1.807) is 38.9 Å². The molecule has 0 saturated carbocycles. The summed E-state index contributed by atoms with van der Waals surface area (Å²) in [5.74, 6) is 2.65. The molecule has 2 aromatic heterocycles. The average Bonchev–Trinajstić information content (AvgIpc) is 2.75. The summed E-state index contributed by atoms with van der Waals surface area (Å²) < 4.78 is 57.3. The molecule has 0 bridgehead atoms. The monoisotopic (exact) mass is 465 g/mol. The molecule has 0 saturated heterocycles. The lowest BCUT2D eigenvalue weighted by Crippen LogP contribution is -2.68. The smallest absolute Gasteiger partial charge is 0.371 e. The van der Waals surface area contributed by atoms with Crippen LogP contribution in [-0.4, -0.2) is 33.5 Å². The Hall–Kier alpha value is -3.28. The number of benzene rings is 2. The minimum absolute atomic E-state index is 0.126. The van der Waals surface area contributed by atoms with E-state index in [-0.39, 0.29) is 5.88 Å². The van der Waals surface area contributed by atoms with Gasteiger partial charge in [-0.3, -0.25) is 0 Å². The van der Waals surface area contributed by atoms with E-state index in [9.17, 15) is 5.11 Å². The summed E-state index contributed by atoms with van der Waals surface area (Å²) in [6.45, 7) is 0. The lowest BCUT2D eigenvalue weighted by molar-refractivity contribution is -2.00. The van der Waals surface area contributed by atoms with Gasteiger partial charge in [0.15, 0.2) is 29.2 Å². The number of hydrogen-bond acceptors (Lipinski definition) is 9.